The Bertz CT molecular complexity index is 765. The topological polar surface area (TPSA) is 18.5 Å². The van der Waals surface area contributed by atoms with Crippen LogP contribution in [0.5, 0.6) is 5.75 Å². The Morgan fingerprint density at radius 3 is 2.37 bits per heavy atom. The molecule has 0 spiro atoms. The molecule has 1 saturated carbocycles. The van der Waals surface area contributed by atoms with Crippen LogP contribution in [0.15, 0.2) is 12.1 Å². The Kier molecular flexibility index (Phi) is 7.00. The number of allylic oxidation sites excluding steroid dienone is 1. The molecule has 0 saturated heterocycles. The van der Waals surface area contributed by atoms with Gasteiger partial charge in [0.2, 0.25) is 5.82 Å². The first-order valence-corrected chi connectivity index (χ1v) is 12.1. The second-order valence-electron chi connectivity index (χ2n) is 9.55. The molecule has 0 bridgehead atoms. The molecule has 1 aliphatic carbocycles. The van der Waals surface area contributed by atoms with E-state index in [-0.39, 0.29) is 17.4 Å². The van der Waals surface area contributed by atoms with E-state index in [4.69, 9.17) is 9.47 Å². The summed E-state index contributed by atoms with van der Waals surface area (Å²) in [6, 6.07) is 1.75. The first-order valence-electron chi connectivity index (χ1n) is 12.1. The van der Waals surface area contributed by atoms with Crippen molar-refractivity contribution in [1.29, 1.82) is 0 Å². The molecule has 1 aromatic rings. The van der Waals surface area contributed by atoms with Crippen molar-refractivity contribution in [3.8, 4) is 5.75 Å². The minimum Gasteiger partial charge on any atom is -0.493 e. The van der Waals surface area contributed by atoms with Crippen molar-refractivity contribution < 1.29 is 18.3 Å². The highest BCUT2D eigenvalue weighted by molar-refractivity contribution is 5.64. The highest BCUT2D eigenvalue weighted by Crippen LogP contribution is 2.41. The molecule has 1 fully saturated rings. The highest BCUT2D eigenvalue weighted by atomic mass is 19.2. The van der Waals surface area contributed by atoms with E-state index in [9.17, 15) is 8.78 Å². The maximum Gasteiger partial charge on any atom is 0.201 e. The predicted molar refractivity (Wildman–Crippen MR) is 116 cm³/mol. The fraction of sp³-hybridized carbons (Fsp3) is 0.692. The van der Waals surface area contributed by atoms with Gasteiger partial charge in [0, 0.05) is 0 Å². The van der Waals surface area contributed by atoms with Crippen LogP contribution >= 0.6 is 0 Å². The Labute approximate surface area is 180 Å². The average molecular weight is 419 g/mol. The SMILES string of the molecule is CCCC1CCC(C2CC=C(c3cc4c(c(F)c3F)OC(CCC)CC4)OC2)CC1. The Balaban J connectivity index is 1.44. The lowest BCUT2D eigenvalue weighted by Crippen LogP contribution is -2.27. The molecule has 4 heteroatoms. The van der Waals surface area contributed by atoms with Crippen molar-refractivity contribution in [2.45, 2.75) is 90.6 Å². The molecule has 2 aliphatic heterocycles. The largest absolute Gasteiger partial charge is 0.493 e. The van der Waals surface area contributed by atoms with Crippen molar-refractivity contribution in [1.82, 2.24) is 0 Å². The molecule has 1 aromatic carbocycles. The molecule has 3 aliphatic rings. The summed E-state index contributed by atoms with van der Waals surface area (Å²) in [6.07, 6.45) is 14.1. The molecule has 166 valence electrons. The molecule has 2 unspecified atom stereocenters. The van der Waals surface area contributed by atoms with Gasteiger partial charge in [-0.05, 0) is 74.0 Å². The van der Waals surface area contributed by atoms with Gasteiger partial charge in [-0.1, -0.05) is 46.0 Å². The first kappa shape index (κ1) is 21.6. The van der Waals surface area contributed by atoms with Gasteiger partial charge in [0.1, 0.15) is 5.76 Å². The normalized spacial score (nSPS) is 28.9. The van der Waals surface area contributed by atoms with Crippen LogP contribution in [0.2, 0.25) is 0 Å². The number of hydrogen-bond donors (Lipinski definition) is 0. The molecule has 0 N–H and O–H groups in total. The summed E-state index contributed by atoms with van der Waals surface area (Å²) >= 11 is 0. The van der Waals surface area contributed by atoms with Crippen molar-refractivity contribution in [3.63, 3.8) is 0 Å². The predicted octanol–water partition coefficient (Wildman–Crippen LogP) is 7.44. The maximum atomic E-state index is 14.9. The van der Waals surface area contributed by atoms with Gasteiger partial charge in [0.15, 0.2) is 11.6 Å². The third-order valence-corrected chi connectivity index (χ3v) is 7.45. The lowest BCUT2D eigenvalue weighted by Gasteiger charge is -2.35. The lowest BCUT2D eigenvalue weighted by molar-refractivity contribution is 0.116. The lowest BCUT2D eigenvalue weighted by atomic mass is 9.73. The highest BCUT2D eigenvalue weighted by Gasteiger charge is 2.32. The zero-order valence-corrected chi connectivity index (χ0v) is 18.5. The summed E-state index contributed by atoms with van der Waals surface area (Å²) in [4.78, 5) is 0. The molecule has 30 heavy (non-hydrogen) atoms. The third-order valence-electron chi connectivity index (χ3n) is 7.45. The minimum atomic E-state index is -0.857. The monoisotopic (exact) mass is 418 g/mol. The van der Waals surface area contributed by atoms with Crippen molar-refractivity contribution >= 4 is 5.76 Å². The fourth-order valence-electron chi connectivity index (χ4n) is 5.68. The number of aryl methyl sites for hydroxylation is 1. The first-order chi connectivity index (χ1) is 14.6. The second kappa shape index (κ2) is 9.70. The number of fused-ring (bicyclic) bond motifs is 1. The molecule has 4 rings (SSSR count). The average Bonchev–Trinajstić information content (AvgIpc) is 2.78. The Morgan fingerprint density at radius 1 is 0.933 bits per heavy atom. The second-order valence-corrected chi connectivity index (χ2v) is 9.55. The zero-order chi connectivity index (χ0) is 21.1. The van der Waals surface area contributed by atoms with Gasteiger partial charge in [-0.15, -0.1) is 0 Å². The van der Waals surface area contributed by atoms with Crippen molar-refractivity contribution in [3.05, 3.63) is 34.9 Å². The van der Waals surface area contributed by atoms with E-state index in [0.29, 0.717) is 24.2 Å². The number of hydrogen-bond acceptors (Lipinski definition) is 2. The van der Waals surface area contributed by atoms with Gasteiger partial charge in [0.25, 0.3) is 0 Å². The zero-order valence-electron chi connectivity index (χ0n) is 18.5. The molecular weight excluding hydrogens is 382 g/mol. The van der Waals surface area contributed by atoms with Crippen LogP contribution in [0.4, 0.5) is 8.78 Å². The van der Waals surface area contributed by atoms with Gasteiger partial charge in [-0.3, -0.25) is 0 Å². The van der Waals surface area contributed by atoms with Crippen LogP contribution in [-0.4, -0.2) is 12.7 Å². The number of benzene rings is 1. The van der Waals surface area contributed by atoms with Crippen LogP contribution < -0.4 is 4.74 Å². The van der Waals surface area contributed by atoms with E-state index in [2.05, 4.69) is 13.8 Å². The van der Waals surface area contributed by atoms with Crippen LogP contribution in [0.1, 0.15) is 89.2 Å². The van der Waals surface area contributed by atoms with Crippen LogP contribution in [0.25, 0.3) is 5.76 Å². The van der Waals surface area contributed by atoms with Crippen molar-refractivity contribution in [2.75, 3.05) is 6.61 Å². The van der Waals surface area contributed by atoms with Gasteiger partial charge >= 0.3 is 0 Å². The summed E-state index contributed by atoms with van der Waals surface area (Å²) in [5.41, 5.74) is 1.02. The van der Waals surface area contributed by atoms with E-state index >= 15 is 0 Å². The van der Waals surface area contributed by atoms with Crippen LogP contribution in [-0.2, 0) is 11.2 Å². The number of ether oxygens (including phenoxy) is 2. The maximum absolute atomic E-state index is 14.9. The van der Waals surface area contributed by atoms with Crippen LogP contribution in [0.3, 0.4) is 0 Å². The number of rotatable bonds is 6. The fourth-order valence-corrected chi connectivity index (χ4v) is 5.68. The molecular formula is C26H36F2O2. The molecule has 2 atom stereocenters. The summed E-state index contributed by atoms with van der Waals surface area (Å²) < 4.78 is 41.5. The molecule has 0 aromatic heterocycles. The van der Waals surface area contributed by atoms with E-state index < -0.39 is 11.6 Å². The molecule has 2 nitrogen and oxygen atoms in total. The molecule has 0 amide bonds. The van der Waals surface area contributed by atoms with Crippen LogP contribution in [0, 0.1) is 29.4 Å². The van der Waals surface area contributed by atoms with E-state index in [0.717, 1.165) is 43.6 Å². The summed E-state index contributed by atoms with van der Waals surface area (Å²) in [5.74, 6) is 1.01. The Morgan fingerprint density at radius 2 is 1.70 bits per heavy atom. The quantitative estimate of drug-likeness (QED) is 0.478. The molecule has 2 heterocycles. The minimum absolute atomic E-state index is 0.0134. The standard InChI is InChI=1S/C26H36F2O2/c1-3-5-17-7-9-18(10-8-17)20-12-14-23(29-16-20)22-15-19-11-13-21(6-4-2)30-26(19)25(28)24(22)27/h14-15,17-18,20-21H,3-13,16H2,1-2H3. The van der Waals surface area contributed by atoms with Gasteiger partial charge in [0.05, 0.1) is 18.3 Å². The summed E-state index contributed by atoms with van der Waals surface area (Å²) in [7, 11) is 0. The van der Waals surface area contributed by atoms with Gasteiger partial charge in [-0.25, -0.2) is 4.39 Å². The van der Waals surface area contributed by atoms with Gasteiger partial charge < -0.3 is 9.47 Å². The van der Waals surface area contributed by atoms with E-state index in [1.807, 2.05) is 6.08 Å². The smallest absolute Gasteiger partial charge is 0.201 e. The number of halogens is 2. The van der Waals surface area contributed by atoms with Crippen molar-refractivity contribution in [2.24, 2.45) is 17.8 Å². The van der Waals surface area contributed by atoms with E-state index in [1.54, 1.807) is 6.07 Å². The third kappa shape index (κ3) is 4.53. The van der Waals surface area contributed by atoms with E-state index in [1.165, 1.54) is 38.5 Å². The summed E-state index contributed by atoms with van der Waals surface area (Å²) in [5, 5.41) is 0. The Hall–Kier alpha value is -1.58. The molecule has 0 radical (unpaired) electrons. The summed E-state index contributed by atoms with van der Waals surface area (Å²) in [6.45, 7) is 4.96. The van der Waals surface area contributed by atoms with Gasteiger partial charge in [-0.2, -0.15) is 4.39 Å².